The normalized spacial score (nSPS) is 10.2. The minimum Gasteiger partial charge on any atom is -0.322 e. The minimum atomic E-state index is -0.486. The van der Waals surface area contributed by atoms with Gasteiger partial charge in [-0.15, -0.1) is 0 Å². The van der Waals surface area contributed by atoms with E-state index in [2.05, 4.69) is 27.9 Å². The quantitative estimate of drug-likeness (QED) is 0.778. The van der Waals surface area contributed by atoms with Crippen LogP contribution in [0.1, 0.15) is 10.4 Å². The fourth-order valence-electron chi connectivity index (χ4n) is 1.47. The number of hydrogen-bond donors (Lipinski definition) is 1. The summed E-state index contributed by atoms with van der Waals surface area (Å²) in [6, 6.07) is 11.1. The lowest BCUT2D eigenvalue weighted by Gasteiger charge is -2.07. The SMILES string of the molecule is O=C(Nc1cc(F)cc(Cl)c1)c1ccccc1I. The number of carbonyl (C=O) groups excluding carboxylic acids is 1. The Balaban J connectivity index is 2.24. The first-order chi connectivity index (χ1) is 8.56. The second kappa shape index (κ2) is 5.67. The van der Waals surface area contributed by atoms with Crippen LogP contribution in [0.25, 0.3) is 0 Å². The first-order valence-corrected chi connectivity index (χ1v) is 6.54. The average Bonchev–Trinajstić information content (AvgIpc) is 2.27. The second-order valence-corrected chi connectivity index (χ2v) is 5.19. The maximum Gasteiger partial charge on any atom is 0.256 e. The van der Waals surface area contributed by atoms with E-state index >= 15 is 0 Å². The first-order valence-electron chi connectivity index (χ1n) is 5.08. The van der Waals surface area contributed by atoms with Gasteiger partial charge in [0.05, 0.1) is 5.56 Å². The molecule has 2 rings (SSSR count). The molecular formula is C13H8ClFINO. The fraction of sp³-hybridized carbons (Fsp3) is 0. The predicted octanol–water partition coefficient (Wildman–Crippen LogP) is 4.34. The number of amides is 1. The molecule has 92 valence electrons. The Bertz CT molecular complexity index is 583. The van der Waals surface area contributed by atoms with Crippen molar-refractivity contribution in [3.63, 3.8) is 0 Å². The van der Waals surface area contributed by atoms with E-state index in [-0.39, 0.29) is 10.9 Å². The standard InChI is InChI=1S/C13H8ClFINO/c14-8-5-9(15)7-10(6-8)17-13(18)11-3-1-2-4-12(11)16/h1-7H,(H,17,18). The molecular weight excluding hydrogens is 368 g/mol. The van der Waals surface area contributed by atoms with E-state index in [4.69, 9.17) is 11.6 Å². The Hall–Kier alpha value is -1.14. The molecule has 0 bridgehead atoms. The number of benzene rings is 2. The molecule has 5 heteroatoms. The minimum absolute atomic E-state index is 0.244. The number of anilines is 1. The maximum atomic E-state index is 13.1. The average molecular weight is 376 g/mol. The molecule has 0 saturated carbocycles. The zero-order valence-corrected chi connectivity index (χ0v) is 12.0. The summed E-state index contributed by atoms with van der Waals surface area (Å²) in [5, 5.41) is 2.86. The van der Waals surface area contributed by atoms with E-state index < -0.39 is 5.82 Å². The van der Waals surface area contributed by atoms with Crippen molar-refractivity contribution < 1.29 is 9.18 Å². The largest absolute Gasteiger partial charge is 0.322 e. The van der Waals surface area contributed by atoms with Gasteiger partial charge in [-0.2, -0.15) is 0 Å². The van der Waals surface area contributed by atoms with Gasteiger partial charge in [-0.25, -0.2) is 4.39 Å². The monoisotopic (exact) mass is 375 g/mol. The van der Waals surface area contributed by atoms with Crippen LogP contribution in [0.5, 0.6) is 0 Å². The van der Waals surface area contributed by atoms with Crippen LogP contribution in [-0.2, 0) is 0 Å². The molecule has 0 aliphatic carbocycles. The van der Waals surface area contributed by atoms with Crippen molar-refractivity contribution in [2.45, 2.75) is 0 Å². The van der Waals surface area contributed by atoms with Gasteiger partial charge in [0.25, 0.3) is 5.91 Å². The molecule has 1 N–H and O–H groups in total. The molecule has 0 radical (unpaired) electrons. The molecule has 2 nitrogen and oxygen atoms in total. The molecule has 2 aromatic rings. The topological polar surface area (TPSA) is 29.1 Å². The molecule has 0 heterocycles. The van der Waals surface area contributed by atoms with E-state index in [1.165, 1.54) is 18.2 Å². The van der Waals surface area contributed by atoms with Crippen LogP contribution >= 0.6 is 34.2 Å². The van der Waals surface area contributed by atoms with E-state index in [1.54, 1.807) is 12.1 Å². The Labute approximate surface area is 122 Å². The van der Waals surface area contributed by atoms with Crippen molar-refractivity contribution in [2.24, 2.45) is 0 Å². The van der Waals surface area contributed by atoms with E-state index in [9.17, 15) is 9.18 Å². The van der Waals surface area contributed by atoms with Gasteiger partial charge in [0.1, 0.15) is 5.82 Å². The highest BCUT2D eigenvalue weighted by atomic mass is 127. The van der Waals surface area contributed by atoms with Gasteiger partial charge in [-0.3, -0.25) is 4.79 Å². The Morgan fingerprint density at radius 3 is 2.61 bits per heavy atom. The number of nitrogens with one attached hydrogen (secondary N) is 1. The summed E-state index contributed by atoms with van der Waals surface area (Å²) < 4.78 is 14.0. The molecule has 0 spiro atoms. The molecule has 18 heavy (non-hydrogen) atoms. The molecule has 0 aliphatic rings. The van der Waals surface area contributed by atoms with Gasteiger partial charge >= 0.3 is 0 Å². The van der Waals surface area contributed by atoms with Gasteiger partial charge in [-0.05, 0) is 52.9 Å². The predicted molar refractivity (Wildman–Crippen MR) is 78.5 cm³/mol. The molecule has 0 aromatic heterocycles. The Kier molecular flexibility index (Phi) is 4.19. The fourth-order valence-corrected chi connectivity index (χ4v) is 2.32. The number of carbonyl (C=O) groups is 1. The number of rotatable bonds is 2. The summed E-state index contributed by atoms with van der Waals surface area (Å²) in [5.41, 5.74) is 0.878. The molecule has 1 amide bonds. The summed E-state index contributed by atoms with van der Waals surface area (Å²) in [7, 11) is 0. The highest BCUT2D eigenvalue weighted by Crippen LogP contribution is 2.19. The van der Waals surface area contributed by atoms with E-state index in [0.717, 1.165) is 3.57 Å². The molecule has 0 unspecified atom stereocenters. The Morgan fingerprint density at radius 1 is 1.22 bits per heavy atom. The third kappa shape index (κ3) is 3.20. The lowest BCUT2D eigenvalue weighted by molar-refractivity contribution is 0.102. The van der Waals surface area contributed by atoms with Crippen LogP contribution in [0.3, 0.4) is 0 Å². The summed E-state index contributed by atoms with van der Waals surface area (Å²) in [5.74, 6) is -0.776. The lowest BCUT2D eigenvalue weighted by Crippen LogP contribution is -2.13. The van der Waals surface area contributed by atoms with Gasteiger partial charge < -0.3 is 5.32 Å². The van der Waals surface area contributed by atoms with Crippen molar-refractivity contribution in [2.75, 3.05) is 5.32 Å². The Morgan fingerprint density at radius 2 is 1.94 bits per heavy atom. The summed E-state index contributed by atoms with van der Waals surface area (Å²) in [6.07, 6.45) is 0. The van der Waals surface area contributed by atoms with Crippen LogP contribution in [0.2, 0.25) is 5.02 Å². The molecule has 0 saturated heterocycles. The van der Waals surface area contributed by atoms with Crippen molar-refractivity contribution in [1.82, 2.24) is 0 Å². The van der Waals surface area contributed by atoms with E-state index in [1.807, 2.05) is 12.1 Å². The van der Waals surface area contributed by atoms with Crippen LogP contribution in [0.15, 0.2) is 42.5 Å². The van der Waals surface area contributed by atoms with Crippen molar-refractivity contribution in [3.05, 3.63) is 62.4 Å². The molecule has 0 atom stereocenters. The first kappa shape index (κ1) is 13.3. The van der Waals surface area contributed by atoms with Crippen molar-refractivity contribution >= 4 is 45.8 Å². The highest BCUT2D eigenvalue weighted by Gasteiger charge is 2.10. The third-order valence-corrected chi connectivity index (χ3v) is 3.40. The molecule has 0 aliphatic heterocycles. The van der Waals surface area contributed by atoms with E-state index in [0.29, 0.717) is 11.3 Å². The zero-order chi connectivity index (χ0) is 13.1. The van der Waals surface area contributed by atoms with Crippen LogP contribution in [0, 0.1) is 9.39 Å². The molecule has 0 fully saturated rings. The van der Waals surface area contributed by atoms with Gasteiger partial charge in [0, 0.05) is 14.3 Å². The van der Waals surface area contributed by atoms with Gasteiger partial charge in [0.2, 0.25) is 0 Å². The molecule has 2 aromatic carbocycles. The zero-order valence-electron chi connectivity index (χ0n) is 9.08. The van der Waals surface area contributed by atoms with Crippen molar-refractivity contribution in [3.8, 4) is 0 Å². The van der Waals surface area contributed by atoms with Crippen molar-refractivity contribution in [1.29, 1.82) is 0 Å². The van der Waals surface area contributed by atoms with Crippen LogP contribution < -0.4 is 5.32 Å². The lowest BCUT2D eigenvalue weighted by atomic mass is 10.2. The highest BCUT2D eigenvalue weighted by molar-refractivity contribution is 14.1. The van der Waals surface area contributed by atoms with Crippen LogP contribution in [-0.4, -0.2) is 5.91 Å². The smallest absolute Gasteiger partial charge is 0.256 e. The third-order valence-electron chi connectivity index (χ3n) is 2.24. The number of halogens is 3. The second-order valence-electron chi connectivity index (χ2n) is 3.59. The summed E-state index contributed by atoms with van der Waals surface area (Å²) in [6.45, 7) is 0. The summed E-state index contributed by atoms with van der Waals surface area (Å²) in [4.78, 5) is 12.0. The van der Waals surface area contributed by atoms with Crippen LogP contribution in [0.4, 0.5) is 10.1 Å². The number of hydrogen-bond acceptors (Lipinski definition) is 1. The van der Waals surface area contributed by atoms with Gasteiger partial charge in [-0.1, -0.05) is 23.7 Å². The maximum absolute atomic E-state index is 13.1. The summed E-state index contributed by atoms with van der Waals surface area (Å²) >= 11 is 7.79. The van der Waals surface area contributed by atoms with Gasteiger partial charge in [0.15, 0.2) is 0 Å².